The number of fused-ring (bicyclic) bond motifs is 1. The molecule has 0 atom stereocenters. The van der Waals surface area contributed by atoms with Gasteiger partial charge in [-0.05, 0) is 19.1 Å². The first kappa shape index (κ1) is 16.4. The second kappa shape index (κ2) is 6.71. The van der Waals surface area contributed by atoms with Gasteiger partial charge in [-0.2, -0.15) is 0 Å². The molecule has 1 aromatic carbocycles. The molecular weight excluding hydrogens is 332 g/mol. The van der Waals surface area contributed by atoms with Gasteiger partial charge in [0.05, 0.1) is 6.07 Å². The van der Waals surface area contributed by atoms with Crippen molar-refractivity contribution in [2.24, 2.45) is 0 Å². The molecule has 2 aromatic heterocycles. The molecule has 1 N–H and O–H groups in total. The van der Waals surface area contributed by atoms with Crippen molar-refractivity contribution in [3.63, 3.8) is 0 Å². The topological polar surface area (TPSA) is 75.5 Å². The van der Waals surface area contributed by atoms with Crippen LogP contribution in [0.1, 0.15) is 29.1 Å². The number of amides is 1. The van der Waals surface area contributed by atoms with E-state index in [4.69, 9.17) is 9.15 Å². The predicted molar refractivity (Wildman–Crippen MR) is 97.6 cm³/mol. The third-order valence-corrected chi connectivity index (χ3v) is 4.66. The van der Waals surface area contributed by atoms with E-state index < -0.39 is 5.63 Å². The van der Waals surface area contributed by atoms with E-state index in [1.54, 1.807) is 13.0 Å². The second-order valence-corrected chi connectivity index (χ2v) is 6.60. The van der Waals surface area contributed by atoms with Crippen molar-refractivity contribution in [1.29, 1.82) is 0 Å². The normalized spacial score (nSPS) is 15.3. The first-order valence-corrected chi connectivity index (χ1v) is 8.74. The number of H-pyrrole nitrogens is 1. The van der Waals surface area contributed by atoms with Crippen LogP contribution in [0.15, 0.2) is 51.7 Å². The second-order valence-electron chi connectivity index (χ2n) is 6.60. The van der Waals surface area contributed by atoms with E-state index in [9.17, 15) is 9.59 Å². The molecule has 1 fully saturated rings. The molecule has 1 amide bonds. The molecule has 1 aliphatic heterocycles. The van der Waals surface area contributed by atoms with E-state index in [-0.39, 0.29) is 12.0 Å². The highest BCUT2D eigenvalue weighted by Gasteiger charge is 2.25. The van der Waals surface area contributed by atoms with Gasteiger partial charge in [-0.3, -0.25) is 4.79 Å². The number of piperidine rings is 1. The molecule has 6 heteroatoms. The number of nitrogens with zero attached hydrogens (tertiary/aromatic N) is 1. The SMILES string of the molecule is Cc1cc(OC2CCN(C(=O)c3cc4ccccc4[nH]3)CC2)cc(=O)o1. The Morgan fingerprint density at radius 2 is 1.96 bits per heavy atom. The van der Waals surface area contributed by atoms with Crippen molar-refractivity contribution in [2.75, 3.05) is 13.1 Å². The Hall–Kier alpha value is -3.02. The number of ether oxygens (including phenoxy) is 1. The number of aromatic amines is 1. The van der Waals surface area contributed by atoms with Gasteiger partial charge in [0.1, 0.15) is 23.3 Å². The fraction of sp³-hybridized carbons (Fsp3) is 0.300. The van der Waals surface area contributed by atoms with Gasteiger partial charge in [0.15, 0.2) is 0 Å². The maximum atomic E-state index is 12.7. The van der Waals surface area contributed by atoms with Crippen molar-refractivity contribution in [1.82, 2.24) is 9.88 Å². The molecule has 4 rings (SSSR count). The van der Waals surface area contributed by atoms with Crippen LogP contribution in [0.3, 0.4) is 0 Å². The third kappa shape index (κ3) is 3.35. The molecule has 0 radical (unpaired) electrons. The number of nitrogens with one attached hydrogen (secondary N) is 1. The van der Waals surface area contributed by atoms with E-state index in [1.807, 2.05) is 35.2 Å². The molecule has 0 bridgehead atoms. The number of hydrogen-bond acceptors (Lipinski definition) is 4. The van der Waals surface area contributed by atoms with Crippen molar-refractivity contribution < 1.29 is 13.9 Å². The first-order valence-electron chi connectivity index (χ1n) is 8.74. The number of rotatable bonds is 3. The Kier molecular flexibility index (Phi) is 4.24. The summed E-state index contributed by atoms with van der Waals surface area (Å²) in [6, 6.07) is 12.8. The summed E-state index contributed by atoms with van der Waals surface area (Å²) in [7, 11) is 0. The average molecular weight is 352 g/mol. The van der Waals surface area contributed by atoms with Gasteiger partial charge in [-0.1, -0.05) is 18.2 Å². The van der Waals surface area contributed by atoms with Gasteiger partial charge < -0.3 is 19.0 Å². The molecule has 1 aliphatic rings. The number of likely N-dealkylation sites (tertiary alicyclic amines) is 1. The molecule has 3 heterocycles. The highest BCUT2D eigenvalue weighted by atomic mass is 16.5. The van der Waals surface area contributed by atoms with E-state index in [0.717, 1.165) is 23.7 Å². The summed E-state index contributed by atoms with van der Waals surface area (Å²) < 4.78 is 10.8. The average Bonchev–Trinajstić information content (AvgIpc) is 3.05. The highest BCUT2D eigenvalue weighted by molar-refractivity contribution is 5.98. The molecule has 26 heavy (non-hydrogen) atoms. The number of hydrogen-bond donors (Lipinski definition) is 1. The van der Waals surface area contributed by atoms with Crippen LogP contribution < -0.4 is 10.4 Å². The summed E-state index contributed by atoms with van der Waals surface area (Å²) in [5, 5.41) is 1.03. The fourth-order valence-corrected chi connectivity index (χ4v) is 3.37. The summed E-state index contributed by atoms with van der Waals surface area (Å²) in [6.45, 7) is 2.97. The highest BCUT2D eigenvalue weighted by Crippen LogP contribution is 2.21. The monoisotopic (exact) mass is 352 g/mol. The lowest BCUT2D eigenvalue weighted by Gasteiger charge is -2.31. The number of benzene rings is 1. The van der Waals surface area contributed by atoms with Crippen molar-refractivity contribution in [3.05, 3.63) is 64.3 Å². The largest absolute Gasteiger partial charge is 0.490 e. The standard InChI is InChI=1S/C20H20N2O4/c1-13-10-16(12-19(23)25-13)26-15-6-8-22(9-7-15)20(24)18-11-14-4-2-3-5-17(14)21-18/h2-5,10-12,15,21H,6-9H2,1H3. The smallest absolute Gasteiger partial charge is 0.339 e. The van der Waals surface area contributed by atoms with Crippen molar-refractivity contribution in [3.8, 4) is 5.75 Å². The van der Waals surface area contributed by atoms with E-state index in [1.165, 1.54) is 6.07 Å². The van der Waals surface area contributed by atoms with Crippen LogP contribution in [0.4, 0.5) is 0 Å². The van der Waals surface area contributed by atoms with Crippen LogP contribution >= 0.6 is 0 Å². The van der Waals surface area contributed by atoms with E-state index >= 15 is 0 Å². The number of carbonyl (C=O) groups is 1. The summed E-state index contributed by atoms with van der Waals surface area (Å²) >= 11 is 0. The molecule has 0 aliphatic carbocycles. The summed E-state index contributed by atoms with van der Waals surface area (Å²) in [4.78, 5) is 29.2. The van der Waals surface area contributed by atoms with Gasteiger partial charge in [-0.25, -0.2) is 4.79 Å². The van der Waals surface area contributed by atoms with Crippen LogP contribution in [-0.2, 0) is 0 Å². The first-order chi connectivity index (χ1) is 12.6. The van der Waals surface area contributed by atoms with Gasteiger partial charge in [0.2, 0.25) is 0 Å². The Morgan fingerprint density at radius 1 is 1.19 bits per heavy atom. The number of carbonyl (C=O) groups excluding carboxylic acids is 1. The Bertz CT molecular complexity index is 963. The van der Waals surface area contributed by atoms with Crippen molar-refractivity contribution in [2.45, 2.75) is 25.9 Å². The van der Waals surface area contributed by atoms with Crippen LogP contribution in [0.2, 0.25) is 0 Å². The fourth-order valence-electron chi connectivity index (χ4n) is 3.37. The lowest BCUT2D eigenvalue weighted by atomic mass is 10.1. The number of para-hydroxylation sites is 1. The number of aromatic nitrogens is 1. The molecule has 0 saturated carbocycles. The summed E-state index contributed by atoms with van der Waals surface area (Å²) in [5.74, 6) is 1.06. The van der Waals surface area contributed by atoms with Gasteiger partial charge in [-0.15, -0.1) is 0 Å². The maximum absolute atomic E-state index is 12.7. The lowest BCUT2D eigenvalue weighted by Crippen LogP contribution is -2.42. The van der Waals surface area contributed by atoms with Gasteiger partial charge in [0.25, 0.3) is 5.91 Å². The zero-order chi connectivity index (χ0) is 18.1. The molecule has 6 nitrogen and oxygen atoms in total. The molecule has 0 unspecified atom stereocenters. The van der Waals surface area contributed by atoms with Gasteiger partial charge >= 0.3 is 5.63 Å². The molecule has 3 aromatic rings. The maximum Gasteiger partial charge on any atom is 0.339 e. The molecule has 1 saturated heterocycles. The number of aryl methyl sites for hydroxylation is 1. The quantitative estimate of drug-likeness (QED) is 0.786. The minimum absolute atomic E-state index is 0.0100. The van der Waals surface area contributed by atoms with Crippen LogP contribution in [0.25, 0.3) is 10.9 Å². The molecular formula is C20H20N2O4. The summed E-state index contributed by atoms with van der Waals surface area (Å²) in [6.07, 6.45) is 1.44. The predicted octanol–water partition coefficient (Wildman–Crippen LogP) is 3.11. The van der Waals surface area contributed by atoms with Gasteiger partial charge in [0, 0.05) is 42.9 Å². The zero-order valence-corrected chi connectivity index (χ0v) is 14.5. The molecule has 134 valence electrons. The third-order valence-electron chi connectivity index (χ3n) is 4.66. The van der Waals surface area contributed by atoms with Crippen LogP contribution in [0, 0.1) is 6.92 Å². The molecule has 0 spiro atoms. The minimum atomic E-state index is -0.411. The Labute approximate surface area is 150 Å². The van der Waals surface area contributed by atoms with Crippen LogP contribution in [0.5, 0.6) is 5.75 Å². The Balaban J connectivity index is 1.39. The van der Waals surface area contributed by atoms with E-state index in [2.05, 4.69) is 4.98 Å². The summed E-state index contributed by atoms with van der Waals surface area (Å²) in [5.41, 5.74) is 1.17. The van der Waals surface area contributed by atoms with E-state index in [0.29, 0.717) is 30.3 Å². The Morgan fingerprint density at radius 3 is 2.69 bits per heavy atom. The van der Waals surface area contributed by atoms with Crippen LogP contribution in [-0.4, -0.2) is 35.0 Å². The van der Waals surface area contributed by atoms with Crippen molar-refractivity contribution >= 4 is 16.8 Å². The lowest BCUT2D eigenvalue weighted by molar-refractivity contribution is 0.0590. The minimum Gasteiger partial charge on any atom is -0.490 e. The zero-order valence-electron chi connectivity index (χ0n) is 14.5.